The number of hydrogen-bond acceptors (Lipinski definition) is 3. The van der Waals surface area contributed by atoms with Gasteiger partial charge in [0.25, 0.3) is 0 Å². The SMILES string of the molecule is CN=C(NCCN(C(C)C)C(C)C)N(C)Cc1ncc(-c2ccccc2)[nH]1.I. The van der Waals surface area contributed by atoms with Gasteiger partial charge in [0, 0.05) is 39.3 Å². The van der Waals surface area contributed by atoms with Crippen LogP contribution in [0.3, 0.4) is 0 Å². The number of imidazole rings is 1. The van der Waals surface area contributed by atoms with Crippen molar-refractivity contribution in [3.63, 3.8) is 0 Å². The summed E-state index contributed by atoms with van der Waals surface area (Å²) < 4.78 is 0. The lowest BCUT2D eigenvalue weighted by molar-refractivity contribution is 0.178. The van der Waals surface area contributed by atoms with Crippen molar-refractivity contribution in [2.24, 2.45) is 4.99 Å². The number of halogens is 1. The first kappa shape index (κ1) is 24.4. The molecule has 0 bridgehead atoms. The van der Waals surface area contributed by atoms with E-state index in [1.54, 1.807) is 0 Å². The van der Waals surface area contributed by atoms with Crippen molar-refractivity contribution < 1.29 is 0 Å². The third kappa shape index (κ3) is 7.09. The minimum Gasteiger partial charge on any atom is -0.355 e. The van der Waals surface area contributed by atoms with Crippen molar-refractivity contribution in [2.75, 3.05) is 27.2 Å². The Morgan fingerprint density at radius 1 is 1.14 bits per heavy atom. The summed E-state index contributed by atoms with van der Waals surface area (Å²) in [5, 5.41) is 3.46. The molecule has 0 aliphatic heterocycles. The first-order valence-corrected chi connectivity index (χ1v) is 9.69. The normalized spacial score (nSPS) is 11.8. The molecule has 0 saturated carbocycles. The van der Waals surface area contributed by atoms with Crippen molar-refractivity contribution >= 4 is 29.9 Å². The number of aromatic nitrogens is 2. The van der Waals surface area contributed by atoms with Gasteiger partial charge in [-0.25, -0.2) is 4.98 Å². The highest BCUT2D eigenvalue weighted by Crippen LogP contribution is 2.16. The zero-order valence-corrected chi connectivity index (χ0v) is 20.3. The minimum absolute atomic E-state index is 0. The summed E-state index contributed by atoms with van der Waals surface area (Å²) in [7, 11) is 3.85. The van der Waals surface area contributed by atoms with E-state index in [4.69, 9.17) is 0 Å². The maximum Gasteiger partial charge on any atom is 0.193 e. The third-order valence-electron chi connectivity index (χ3n) is 4.65. The van der Waals surface area contributed by atoms with E-state index in [-0.39, 0.29) is 24.0 Å². The number of aliphatic imine (C=N–C) groups is 1. The number of H-pyrrole nitrogens is 1. The topological polar surface area (TPSA) is 59.6 Å². The molecular weight excluding hydrogens is 463 g/mol. The molecule has 0 saturated heterocycles. The molecule has 0 aliphatic rings. The van der Waals surface area contributed by atoms with Gasteiger partial charge in [0.2, 0.25) is 0 Å². The number of nitrogens with one attached hydrogen (secondary N) is 2. The number of guanidine groups is 1. The van der Waals surface area contributed by atoms with E-state index in [1.165, 1.54) is 0 Å². The number of nitrogens with zero attached hydrogens (tertiary/aromatic N) is 4. The Balaban J connectivity index is 0.00000392. The highest BCUT2D eigenvalue weighted by molar-refractivity contribution is 14.0. The zero-order chi connectivity index (χ0) is 19.8. The molecule has 0 fully saturated rings. The molecular formula is C21H35IN6. The van der Waals surface area contributed by atoms with Crippen LogP contribution in [0.5, 0.6) is 0 Å². The lowest BCUT2D eigenvalue weighted by atomic mass is 10.2. The monoisotopic (exact) mass is 498 g/mol. The van der Waals surface area contributed by atoms with Gasteiger partial charge in [0.1, 0.15) is 5.82 Å². The number of aromatic amines is 1. The Morgan fingerprint density at radius 2 is 1.79 bits per heavy atom. The minimum atomic E-state index is 0. The lowest BCUT2D eigenvalue weighted by Gasteiger charge is -2.31. The summed E-state index contributed by atoms with van der Waals surface area (Å²) >= 11 is 0. The summed E-state index contributed by atoms with van der Waals surface area (Å²) in [6, 6.07) is 11.3. The Kier molecular flexibility index (Phi) is 10.5. The Morgan fingerprint density at radius 3 is 2.36 bits per heavy atom. The van der Waals surface area contributed by atoms with Crippen molar-refractivity contribution in [3.8, 4) is 11.3 Å². The molecule has 1 aromatic carbocycles. The van der Waals surface area contributed by atoms with Crippen LogP contribution in [0, 0.1) is 0 Å². The van der Waals surface area contributed by atoms with E-state index in [0.29, 0.717) is 18.6 Å². The van der Waals surface area contributed by atoms with Gasteiger partial charge < -0.3 is 15.2 Å². The first-order chi connectivity index (χ1) is 12.9. The third-order valence-corrected chi connectivity index (χ3v) is 4.65. The molecule has 1 aromatic heterocycles. The maximum atomic E-state index is 4.52. The quantitative estimate of drug-likeness (QED) is 0.330. The molecule has 2 rings (SSSR count). The Bertz CT molecular complexity index is 703. The van der Waals surface area contributed by atoms with Crippen LogP contribution >= 0.6 is 24.0 Å². The maximum absolute atomic E-state index is 4.52. The van der Waals surface area contributed by atoms with Gasteiger partial charge in [-0.05, 0) is 33.3 Å². The highest BCUT2D eigenvalue weighted by Gasteiger charge is 2.14. The molecule has 1 heterocycles. The van der Waals surface area contributed by atoms with Gasteiger partial charge in [-0.3, -0.25) is 9.89 Å². The molecule has 0 unspecified atom stereocenters. The molecule has 0 radical (unpaired) electrons. The van der Waals surface area contributed by atoms with Gasteiger partial charge >= 0.3 is 0 Å². The molecule has 2 aromatic rings. The van der Waals surface area contributed by atoms with Gasteiger partial charge in [-0.2, -0.15) is 0 Å². The van der Waals surface area contributed by atoms with Crippen LogP contribution in [-0.2, 0) is 6.54 Å². The lowest BCUT2D eigenvalue weighted by Crippen LogP contribution is -2.45. The van der Waals surface area contributed by atoms with E-state index < -0.39 is 0 Å². The van der Waals surface area contributed by atoms with E-state index in [9.17, 15) is 0 Å². The predicted molar refractivity (Wildman–Crippen MR) is 129 cm³/mol. The molecule has 7 heteroatoms. The summed E-state index contributed by atoms with van der Waals surface area (Å²) in [5.74, 6) is 1.80. The number of benzene rings is 1. The fraction of sp³-hybridized carbons (Fsp3) is 0.524. The van der Waals surface area contributed by atoms with Crippen LogP contribution in [0.25, 0.3) is 11.3 Å². The van der Waals surface area contributed by atoms with Crippen LogP contribution in [0.1, 0.15) is 33.5 Å². The second-order valence-electron chi connectivity index (χ2n) is 7.36. The second kappa shape index (κ2) is 12.1. The van der Waals surface area contributed by atoms with Crippen LogP contribution in [0.2, 0.25) is 0 Å². The zero-order valence-electron chi connectivity index (χ0n) is 17.9. The molecule has 0 amide bonds. The van der Waals surface area contributed by atoms with E-state index in [1.807, 2.05) is 38.5 Å². The van der Waals surface area contributed by atoms with Crippen molar-refractivity contribution in [1.82, 2.24) is 25.1 Å². The molecule has 0 spiro atoms. The standard InChI is InChI=1S/C21H34N6.HI/c1-16(2)27(17(3)4)13-12-23-21(22-5)26(6)15-20-24-14-19(25-20)18-10-8-7-9-11-18;/h7-11,14,16-17H,12-13,15H2,1-6H3,(H,22,23)(H,24,25);1H. The van der Waals surface area contributed by atoms with E-state index in [0.717, 1.165) is 36.1 Å². The smallest absolute Gasteiger partial charge is 0.193 e. The second-order valence-corrected chi connectivity index (χ2v) is 7.36. The average molecular weight is 498 g/mol. The van der Waals surface area contributed by atoms with Crippen LogP contribution < -0.4 is 5.32 Å². The average Bonchev–Trinajstić information content (AvgIpc) is 3.10. The first-order valence-electron chi connectivity index (χ1n) is 9.69. The van der Waals surface area contributed by atoms with Crippen molar-refractivity contribution in [1.29, 1.82) is 0 Å². The summed E-state index contributed by atoms with van der Waals surface area (Å²) in [6.45, 7) is 11.5. The Hall–Kier alpha value is -1.61. The fourth-order valence-corrected chi connectivity index (χ4v) is 3.30. The highest BCUT2D eigenvalue weighted by atomic mass is 127. The van der Waals surface area contributed by atoms with Gasteiger partial charge in [-0.15, -0.1) is 24.0 Å². The molecule has 28 heavy (non-hydrogen) atoms. The molecule has 6 nitrogen and oxygen atoms in total. The molecule has 2 N–H and O–H groups in total. The molecule has 0 aliphatic carbocycles. The van der Waals surface area contributed by atoms with Crippen LogP contribution in [0.15, 0.2) is 41.5 Å². The summed E-state index contributed by atoms with van der Waals surface area (Å²) in [5.41, 5.74) is 2.18. The van der Waals surface area contributed by atoms with Gasteiger partial charge in [0.15, 0.2) is 5.96 Å². The van der Waals surface area contributed by atoms with Gasteiger partial charge in [0.05, 0.1) is 18.4 Å². The number of hydrogen-bond donors (Lipinski definition) is 2. The Labute approximate surface area is 186 Å². The van der Waals surface area contributed by atoms with E-state index in [2.05, 4.69) is 69.9 Å². The van der Waals surface area contributed by atoms with E-state index >= 15 is 0 Å². The van der Waals surface area contributed by atoms with Crippen molar-refractivity contribution in [2.45, 2.75) is 46.3 Å². The predicted octanol–water partition coefficient (Wildman–Crippen LogP) is 3.82. The number of rotatable bonds is 8. The van der Waals surface area contributed by atoms with Crippen molar-refractivity contribution in [3.05, 3.63) is 42.4 Å². The summed E-state index contributed by atoms with van der Waals surface area (Å²) in [4.78, 5) is 16.9. The fourth-order valence-electron chi connectivity index (χ4n) is 3.30. The largest absolute Gasteiger partial charge is 0.355 e. The molecule has 156 valence electrons. The summed E-state index contributed by atoms with van der Waals surface area (Å²) in [6.07, 6.45) is 1.89. The van der Waals surface area contributed by atoms with Crippen LogP contribution in [-0.4, -0.2) is 65.0 Å². The van der Waals surface area contributed by atoms with Crippen LogP contribution in [0.4, 0.5) is 0 Å². The molecule has 0 atom stereocenters. The van der Waals surface area contributed by atoms with Gasteiger partial charge in [-0.1, -0.05) is 30.3 Å².